The van der Waals surface area contributed by atoms with Crippen molar-refractivity contribution >= 4 is 35.5 Å². The van der Waals surface area contributed by atoms with Crippen LogP contribution in [0.25, 0.3) is 0 Å². The molecule has 9 nitrogen and oxygen atoms in total. The highest BCUT2D eigenvalue weighted by molar-refractivity contribution is 7.99. The molecule has 5 unspecified atom stereocenters. The van der Waals surface area contributed by atoms with Crippen molar-refractivity contribution in [3.8, 4) is 0 Å². The maximum absolute atomic E-state index is 12.5. The SMILES string of the molecule is CSC1CCCC(C(CC(=O)O)NC(=O)CNC(=O)C2CCCC(N=C(N)N)C2)C1. The van der Waals surface area contributed by atoms with Gasteiger partial charge in [-0.05, 0) is 50.7 Å². The van der Waals surface area contributed by atoms with Crippen molar-refractivity contribution in [1.82, 2.24) is 10.6 Å². The number of carbonyl (C=O) groups is 3. The fourth-order valence-corrected chi connectivity index (χ4v) is 5.43. The molecule has 0 heterocycles. The molecule has 2 amide bonds. The van der Waals surface area contributed by atoms with Crippen LogP contribution in [0.3, 0.4) is 0 Å². The molecule has 0 spiro atoms. The van der Waals surface area contributed by atoms with E-state index >= 15 is 0 Å². The van der Waals surface area contributed by atoms with Crippen molar-refractivity contribution in [3.05, 3.63) is 0 Å². The second-order valence-corrected chi connectivity index (χ2v) is 9.48. The van der Waals surface area contributed by atoms with Crippen molar-refractivity contribution in [2.45, 2.75) is 75.1 Å². The van der Waals surface area contributed by atoms with E-state index in [0.29, 0.717) is 11.7 Å². The Kier molecular flexibility index (Phi) is 9.74. The molecule has 2 aliphatic rings. The summed E-state index contributed by atoms with van der Waals surface area (Å²) in [5.41, 5.74) is 10.9. The van der Waals surface area contributed by atoms with E-state index in [1.807, 2.05) is 0 Å². The molecule has 170 valence electrons. The maximum atomic E-state index is 12.5. The van der Waals surface area contributed by atoms with Crippen molar-refractivity contribution < 1.29 is 19.5 Å². The third-order valence-corrected chi connectivity index (χ3v) is 7.18. The lowest BCUT2D eigenvalue weighted by Crippen LogP contribution is -2.48. The van der Waals surface area contributed by atoms with Crippen molar-refractivity contribution in [1.29, 1.82) is 0 Å². The first kappa shape index (κ1) is 24.3. The highest BCUT2D eigenvalue weighted by Gasteiger charge is 2.31. The summed E-state index contributed by atoms with van der Waals surface area (Å²) in [6.45, 7) is -0.156. The Morgan fingerprint density at radius 1 is 1.13 bits per heavy atom. The fraction of sp³-hybridized carbons (Fsp3) is 0.800. The number of thioether (sulfide) groups is 1. The van der Waals surface area contributed by atoms with Crippen LogP contribution >= 0.6 is 11.8 Å². The Hall–Kier alpha value is -1.97. The van der Waals surface area contributed by atoms with E-state index in [9.17, 15) is 19.5 Å². The molecule has 0 aromatic carbocycles. The first-order valence-corrected chi connectivity index (χ1v) is 12.0. The van der Waals surface area contributed by atoms with Gasteiger partial charge in [0, 0.05) is 17.2 Å². The number of hydrogen-bond acceptors (Lipinski definition) is 5. The second kappa shape index (κ2) is 12.0. The van der Waals surface area contributed by atoms with Gasteiger partial charge < -0.3 is 27.2 Å². The lowest BCUT2D eigenvalue weighted by molar-refractivity contribution is -0.138. The molecule has 10 heteroatoms. The van der Waals surface area contributed by atoms with Gasteiger partial charge in [0.1, 0.15) is 0 Å². The zero-order chi connectivity index (χ0) is 22.1. The average Bonchev–Trinajstić information content (AvgIpc) is 2.71. The number of guanidine groups is 1. The molecule has 2 rings (SSSR count). The number of aliphatic carboxylic acids is 1. The van der Waals surface area contributed by atoms with Crippen LogP contribution in [0.15, 0.2) is 4.99 Å². The minimum atomic E-state index is -0.927. The monoisotopic (exact) mass is 441 g/mol. The molecular formula is C20H35N5O4S. The summed E-state index contributed by atoms with van der Waals surface area (Å²) in [5.74, 6) is -1.52. The Morgan fingerprint density at radius 2 is 1.87 bits per heavy atom. The zero-order valence-electron chi connectivity index (χ0n) is 17.6. The Morgan fingerprint density at radius 3 is 2.53 bits per heavy atom. The van der Waals surface area contributed by atoms with Crippen LogP contribution in [0.2, 0.25) is 0 Å². The Balaban J connectivity index is 1.85. The molecule has 5 atom stereocenters. The highest BCUT2D eigenvalue weighted by atomic mass is 32.2. The molecule has 2 aliphatic carbocycles. The average molecular weight is 442 g/mol. The predicted octanol–water partition coefficient (Wildman–Crippen LogP) is 0.816. The van der Waals surface area contributed by atoms with Crippen LogP contribution in [0, 0.1) is 11.8 Å². The van der Waals surface area contributed by atoms with Crippen LogP contribution in [-0.4, -0.2) is 59.0 Å². The van der Waals surface area contributed by atoms with Gasteiger partial charge in [-0.1, -0.05) is 12.8 Å². The first-order chi connectivity index (χ1) is 14.3. The topological polar surface area (TPSA) is 160 Å². The smallest absolute Gasteiger partial charge is 0.305 e. The van der Waals surface area contributed by atoms with E-state index in [0.717, 1.165) is 44.9 Å². The van der Waals surface area contributed by atoms with Gasteiger partial charge in [-0.15, -0.1) is 0 Å². The number of carbonyl (C=O) groups excluding carboxylic acids is 2. The van der Waals surface area contributed by atoms with Gasteiger partial charge in [-0.25, -0.2) is 0 Å². The number of amides is 2. The van der Waals surface area contributed by atoms with Crippen molar-refractivity contribution in [3.63, 3.8) is 0 Å². The van der Waals surface area contributed by atoms with Crippen LogP contribution in [-0.2, 0) is 14.4 Å². The van der Waals surface area contributed by atoms with E-state index in [4.69, 9.17) is 11.5 Å². The predicted molar refractivity (Wildman–Crippen MR) is 118 cm³/mol. The van der Waals surface area contributed by atoms with Crippen LogP contribution in [0.1, 0.15) is 57.8 Å². The van der Waals surface area contributed by atoms with Gasteiger partial charge in [-0.2, -0.15) is 11.8 Å². The van der Waals surface area contributed by atoms with Gasteiger partial charge in [0.25, 0.3) is 0 Å². The van der Waals surface area contributed by atoms with Crippen molar-refractivity contribution in [2.75, 3.05) is 12.8 Å². The lowest BCUT2D eigenvalue weighted by Gasteiger charge is -2.34. The zero-order valence-corrected chi connectivity index (χ0v) is 18.5. The lowest BCUT2D eigenvalue weighted by atomic mass is 9.82. The largest absolute Gasteiger partial charge is 0.481 e. The molecule has 0 radical (unpaired) electrons. The standard InChI is InChI=1S/C20H35N5O4S/c1-30-15-7-3-4-12(9-15)16(10-18(27)28)25-17(26)11-23-19(29)13-5-2-6-14(8-13)24-20(21)22/h12-16H,2-11H2,1H3,(H,23,29)(H,25,26)(H,27,28)(H4,21,22,24). The van der Waals surface area contributed by atoms with E-state index in [-0.39, 0.29) is 48.6 Å². The third-order valence-electron chi connectivity index (χ3n) is 6.08. The maximum Gasteiger partial charge on any atom is 0.305 e. The Bertz CT molecular complexity index is 641. The normalized spacial score (nSPS) is 27.5. The molecule has 0 aromatic heterocycles. The molecule has 0 aliphatic heterocycles. The summed E-state index contributed by atoms with van der Waals surface area (Å²) < 4.78 is 0. The van der Waals surface area contributed by atoms with E-state index in [1.165, 1.54) is 0 Å². The summed E-state index contributed by atoms with van der Waals surface area (Å²) in [7, 11) is 0. The summed E-state index contributed by atoms with van der Waals surface area (Å²) in [6, 6.07) is -0.480. The van der Waals surface area contributed by atoms with Crippen LogP contribution < -0.4 is 22.1 Å². The van der Waals surface area contributed by atoms with Crippen molar-refractivity contribution in [2.24, 2.45) is 28.3 Å². The number of nitrogens with two attached hydrogens (primary N) is 2. The summed E-state index contributed by atoms with van der Waals surface area (Å²) in [5, 5.41) is 15.3. The quantitative estimate of drug-likeness (QED) is 0.261. The summed E-state index contributed by atoms with van der Waals surface area (Å²) in [4.78, 5) is 40.4. The fourth-order valence-electron chi connectivity index (χ4n) is 4.58. The molecule has 7 N–H and O–H groups in total. The van der Waals surface area contributed by atoms with Crippen LogP contribution in [0.5, 0.6) is 0 Å². The molecule has 0 bridgehead atoms. The molecule has 0 saturated heterocycles. The minimum Gasteiger partial charge on any atom is -0.481 e. The highest BCUT2D eigenvalue weighted by Crippen LogP contribution is 2.33. The number of carboxylic acid groups (broad SMARTS) is 1. The number of aliphatic imine (C=N–C) groups is 1. The van der Waals surface area contributed by atoms with Gasteiger partial charge in [0.15, 0.2) is 5.96 Å². The van der Waals surface area contributed by atoms with Gasteiger partial charge >= 0.3 is 5.97 Å². The molecule has 2 fully saturated rings. The summed E-state index contributed by atoms with van der Waals surface area (Å²) in [6.07, 6.45) is 8.94. The Labute approximate surface area is 182 Å². The van der Waals surface area contributed by atoms with Gasteiger partial charge in [0.2, 0.25) is 11.8 Å². The first-order valence-electron chi connectivity index (χ1n) is 10.7. The summed E-state index contributed by atoms with van der Waals surface area (Å²) >= 11 is 1.80. The molecule has 30 heavy (non-hydrogen) atoms. The van der Waals surface area contributed by atoms with E-state index in [2.05, 4.69) is 21.9 Å². The van der Waals surface area contributed by atoms with Gasteiger partial charge in [-0.3, -0.25) is 19.4 Å². The van der Waals surface area contributed by atoms with Gasteiger partial charge in [0.05, 0.1) is 19.0 Å². The number of hydrogen-bond donors (Lipinski definition) is 5. The molecular weight excluding hydrogens is 406 g/mol. The number of carboxylic acids is 1. The van der Waals surface area contributed by atoms with Crippen LogP contribution in [0.4, 0.5) is 0 Å². The number of rotatable bonds is 9. The van der Waals surface area contributed by atoms with E-state index < -0.39 is 12.0 Å². The second-order valence-electron chi connectivity index (χ2n) is 8.35. The number of nitrogens with one attached hydrogen (secondary N) is 2. The molecule has 2 saturated carbocycles. The number of nitrogens with zero attached hydrogens (tertiary/aromatic N) is 1. The minimum absolute atomic E-state index is 0.0244. The van der Waals surface area contributed by atoms with E-state index in [1.54, 1.807) is 11.8 Å². The molecule has 0 aromatic rings. The third kappa shape index (κ3) is 8.04.